The van der Waals surface area contributed by atoms with E-state index in [1.807, 2.05) is 25.3 Å². The third kappa shape index (κ3) is 1.82. The highest BCUT2D eigenvalue weighted by molar-refractivity contribution is 5.49. The number of anilines is 1. The summed E-state index contributed by atoms with van der Waals surface area (Å²) in [5.41, 5.74) is 1.91. The minimum Gasteiger partial charge on any atom is -0.345 e. The second-order valence-corrected chi connectivity index (χ2v) is 3.60. The SMILES string of the molecule is Cc1cccn2nc(NCc3ncon3)nc12. The molecule has 0 saturated carbocycles. The smallest absolute Gasteiger partial charge is 0.243 e. The molecule has 0 aliphatic heterocycles. The predicted octanol–water partition coefficient (Wildman–Crippen LogP) is 1.03. The van der Waals surface area contributed by atoms with E-state index in [2.05, 4.69) is 30.1 Å². The van der Waals surface area contributed by atoms with Gasteiger partial charge in [-0.2, -0.15) is 9.97 Å². The molecule has 0 spiro atoms. The van der Waals surface area contributed by atoms with Crippen molar-refractivity contribution in [1.29, 1.82) is 0 Å². The molecule has 0 atom stereocenters. The molecule has 3 heterocycles. The van der Waals surface area contributed by atoms with Crippen molar-refractivity contribution < 1.29 is 4.52 Å². The van der Waals surface area contributed by atoms with Gasteiger partial charge in [-0.25, -0.2) is 4.52 Å². The Bertz CT molecular complexity index is 629. The average molecular weight is 230 g/mol. The lowest BCUT2D eigenvalue weighted by Gasteiger charge is -1.94. The quantitative estimate of drug-likeness (QED) is 0.723. The van der Waals surface area contributed by atoms with E-state index in [0.717, 1.165) is 11.2 Å². The van der Waals surface area contributed by atoms with Crippen LogP contribution in [0.4, 0.5) is 5.95 Å². The molecule has 1 N–H and O–H groups in total. The van der Waals surface area contributed by atoms with Crippen LogP contribution in [0.3, 0.4) is 0 Å². The molecule has 0 saturated heterocycles. The summed E-state index contributed by atoms with van der Waals surface area (Å²) in [7, 11) is 0. The van der Waals surface area contributed by atoms with Gasteiger partial charge < -0.3 is 9.84 Å². The molecule has 0 aromatic carbocycles. The molecule has 7 heteroatoms. The largest absolute Gasteiger partial charge is 0.345 e. The molecule has 86 valence electrons. The molecule has 7 nitrogen and oxygen atoms in total. The normalized spacial score (nSPS) is 10.9. The third-order valence-electron chi connectivity index (χ3n) is 2.37. The van der Waals surface area contributed by atoms with Crippen molar-refractivity contribution in [2.75, 3.05) is 5.32 Å². The first-order valence-electron chi connectivity index (χ1n) is 5.14. The highest BCUT2D eigenvalue weighted by Crippen LogP contribution is 2.09. The lowest BCUT2D eigenvalue weighted by Crippen LogP contribution is -2.02. The van der Waals surface area contributed by atoms with Crippen LogP contribution in [-0.2, 0) is 6.54 Å². The zero-order valence-electron chi connectivity index (χ0n) is 9.16. The maximum absolute atomic E-state index is 4.63. The Balaban J connectivity index is 1.84. The molecule has 0 aliphatic carbocycles. The molecular formula is C10H10N6O. The molecule has 0 amide bonds. The van der Waals surface area contributed by atoms with E-state index in [1.54, 1.807) is 4.52 Å². The topological polar surface area (TPSA) is 81.1 Å². The van der Waals surface area contributed by atoms with Gasteiger partial charge >= 0.3 is 0 Å². The minimum atomic E-state index is 0.437. The standard InChI is InChI=1S/C10H10N6O/c1-7-3-2-4-16-9(7)13-10(14-16)11-5-8-12-6-17-15-8/h2-4,6H,5H2,1H3,(H,11,14). The molecule has 0 radical (unpaired) electrons. The first kappa shape index (κ1) is 9.76. The Morgan fingerprint density at radius 2 is 2.41 bits per heavy atom. The Morgan fingerprint density at radius 1 is 1.47 bits per heavy atom. The second kappa shape index (κ2) is 3.85. The predicted molar refractivity (Wildman–Crippen MR) is 59.3 cm³/mol. The number of hydrogen-bond acceptors (Lipinski definition) is 6. The number of hydrogen-bond donors (Lipinski definition) is 1. The Labute approximate surface area is 96.5 Å². The summed E-state index contributed by atoms with van der Waals surface area (Å²) in [4.78, 5) is 8.27. The molecule has 3 aromatic rings. The third-order valence-corrected chi connectivity index (χ3v) is 2.37. The Morgan fingerprint density at radius 3 is 3.18 bits per heavy atom. The van der Waals surface area contributed by atoms with Crippen LogP contribution in [0.2, 0.25) is 0 Å². The first-order chi connectivity index (χ1) is 8.33. The van der Waals surface area contributed by atoms with Crippen molar-refractivity contribution in [3.63, 3.8) is 0 Å². The van der Waals surface area contributed by atoms with Gasteiger partial charge in [0.2, 0.25) is 12.3 Å². The van der Waals surface area contributed by atoms with Crippen molar-refractivity contribution in [3.05, 3.63) is 36.1 Å². The fourth-order valence-corrected chi connectivity index (χ4v) is 1.54. The van der Waals surface area contributed by atoms with E-state index in [1.165, 1.54) is 6.39 Å². The highest BCUT2D eigenvalue weighted by Gasteiger charge is 2.05. The van der Waals surface area contributed by atoms with Crippen LogP contribution >= 0.6 is 0 Å². The number of aromatic nitrogens is 5. The summed E-state index contributed by atoms with van der Waals surface area (Å²) in [5.74, 6) is 1.12. The van der Waals surface area contributed by atoms with Crippen molar-refractivity contribution in [2.24, 2.45) is 0 Å². The molecule has 3 rings (SSSR count). The first-order valence-corrected chi connectivity index (χ1v) is 5.14. The molecular weight excluding hydrogens is 220 g/mol. The van der Waals surface area contributed by atoms with Crippen LogP contribution in [0.25, 0.3) is 5.65 Å². The maximum Gasteiger partial charge on any atom is 0.243 e. The zero-order chi connectivity index (χ0) is 11.7. The fraction of sp³-hybridized carbons (Fsp3) is 0.200. The van der Waals surface area contributed by atoms with Gasteiger partial charge in [0.05, 0.1) is 6.54 Å². The van der Waals surface area contributed by atoms with Gasteiger partial charge in [0.1, 0.15) is 0 Å². The number of aryl methyl sites for hydroxylation is 1. The fourth-order valence-electron chi connectivity index (χ4n) is 1.54. The van der Waals surface area contributed by atoms with Gasteiger partial charge in [-0.1, -0.05) is 11.2 Å². The van der Waals surface area contributed by atoms with Crippen molar-refractivity contribution in [2.45, 2.75) is 13.5 Å². The summed E-state index contributed by atoms with van der Waals surface area (Å²) < 4.78 is 6.36. The van der Waals surface area contributed by atoms with Crippen LogP contribution in [-0.4, -0.2) is 24.7 Å². The Hall–Kier alpha value is -2.44. The van der Waals surface area contributed by atoms with Crippen LogP contribution < -0.4 is 5.32 Å². The number of rotatable bonds is 3. The molecule has 17 heavy (non-hydrogen) atoms. The highest BCUT2D eigenvalue weighted by atomic mass is 16.5. The van der Waals surface area contributed by atoms with Crippen LogP contribution in [0.1, 0.15) is 11.4 Å². The summed E-state index contributed by atoms with van der Waals surface area (Å²) in [6, 6.07) is 3.92. The van der Waals surface area contributed by atoms with E-state index < -0.39 is 0 Å². The van der Waals surface area contributed by atoms with E-state index in [-0.39, 0.29) is 0 Å². The van der Waals surface area contributed by atoms with Gasteiger partial charge in [-0.05, 0) is 18.6 Å². The van der Waals surface area contributed by atoms with Gasteiger partial charge in [-0.15, -0.1) is 5.10 Å². The molecule has 0 bridgehead atoms. The summed E-state index contributed by atoms with van der Waals surface area (Å²) >= 11 is 0. The number of pyridine rings is 1. The molecule has 3 aromatic heterocycles. The van der Waals surface area contributed by atoms with Gasteiger partial charge in [-0.3, -0.25) is 0 Å². The Kier molecular flexibility index (Phi) is 2.21. The molecule has 0 fully saturated rings. The van der Waals surface area contributed by atoms with E-state index in [0.29, 0.717) is 18.3 Å². The monoisotopic (exact) mass is 230 g/mol. The van der Waals surface area contributed by atoms with Crippen molar-refractivity contribution >= 4 is 11.6 Å². The minimum absolute atomic E-state index is 0.437. The zero-order valence-corrected chi connectivity index (χ0v) is 9.16. The average Bonchev–Trinajstić information content (AvgIpc) is 2.95. The van der Waals surface area contributed by atoms with Gasteiger partial charge in [0.15, 0.2) is 11.5 Å². The van der Waals surface area contributed by atoms with Crippen molar-refractivity contribution in [3.8, 4) is 0 Å². The molecule has 0 aliphatic rings. The lowest BCUT2D eigenvalue weighted by atomic mass is 10.3. The molecule has 0 unspecified atom stereocenters. The van der Waals surface area contributed by atoms with Crippen LogP contribution in [0, 0.1) is 6.92 Å². The lowest BCUT2D eigenvalue weighted by molar-refractivity contribution is 0.411. The van der Waals surface area contributed by atoms with Crippen LogP contribution in [0.5, 0.6) is 0 Å². The van der Waals surface area contributed by atoms with E-state index in [4.69, 9.17) is 0 Å². The maximum atomic E-state index is 4.63. The second-order valence-electron chi connectivity index (χ2n) is 3.60. The van der Waals surface area contributed by atoms with E-state index in [9.17, 15) is 0 Å². The summed E-state index contributed by atoms with van der Waals surface area (Å²) in [5, 5.41) is 11.0. The summed E-state index contributed by atoms with van der Waals surface area (Å²) in [6.07, 6.45) is 3.15. The number of fused-ring (bicyclic) bond motifs is 1. The van der Waals surface area contributed by atoms with Crippen LogP contribution in [0.15, 0.2) is 29.2 Å². The van der Waals surface area contributed by atoms with E-state index >= 15 is 0 Å². The van der Waals surface area contributed by atoms with Gasteiger partial charge in [0, 0.05) is 6.20 Å². The number of nitrogens with one attached hydrogen (secondary N) is 1. The van der Waals surface area contributed by atoms with Crippen molar-refractivity contribution in [1.82, 2.24) is 24.7 Å². The van der Waals surface area contributed by atoms with Gasteiger partial charge in [0.25, 0.3) is 0 Å². The summed E-state index contributed by atoms with van der Waals surface area (Å²) in [6.45, 7) is 2.43. The number of nitrogens with zero attached hydrogens (tertiary/aromatic N) is 5.